The number of carbonyl (C=O) groups excluding carboxylic acids is 2. The SMILES string of the molecule is Cc1cc([C@H](CC(=O)O)CC(=O)CNC(=O)c2cncc(NC3=NCC(F)CN3)c2)cc(C(C)(C)C)c1. The van der Waals surface area contributed by atoms with E-state index in [0.717, 1.165) is 16.7 Å². The lowest BCUT2D eigenvalue weighted by molar-refractivity contribution is -0.137. The lowest BCUT2D eigenvalue weighted by atomic mass is 9.81. The van der Waals surface area contributed by atoms with Crippen molar-refractivity contribution in [2.45, 2.75) is 58.0 Å². The van der Waals surface area contributed by atoms with Gasteiger partial charge in [-0.15, -0.1) is 0 Å². The van der Waals surface area contributed by atoms with Gasteiger partial charge in [0.15, 0.2) is 11.7 Å². The summed E-state index contributed by atoms with van der Waals surface area (Å²) >= 11 is 0. The van der Waals surface area contributed by atoms with Crippen LogP contribution in [0.5, 0.6) is 0 Å². The Morgan fingerprint density at radius 2 is 1.92 bits per heavy atom. The summed E-state index contributed by atoms with van der Waals surface area (Å²) in [6.45, 7) is 8.14. The number of benzene rings is 1. The molecule has 4 N–H and O–H groups in total. The highest BCUT2D eigenvalue weighted by Crippen LogP contribution is 2.30. The zero-order valence-electron chi connectivity index (χ0n) is 21.6. The number of nitrogens with one attached hydrogen (secondary N) is 3. The van der Waals surface area contributed by atoms with E-state index >= 15 is 0 Å². The molecule has 37 heavy (non-hydrogen) atoms. The van der Waals surface area contributed by atoms with Crippen LogP contribution < -0.4 is 16.0 Å². The number of halogens is 1. The van der Waals surface area contributed by atoms with Crippen molar-refractivity contribution in [3.8, 4) is 0 Å². The van der Waals surface area contributed by atoms with E-state index in [4.69, 9.17) is 0 Å². The molecule has 1 unspecified atom stereocenters. The highest BCUT2D eigenvalue weighted by molar-refractivity contribution is 5.99. The lowest BCUT2D eigenvalue weighted by Gasteiger charge is -2.23. The van der Waals surface area contributed by atoms with Crippen LogP contribution in [0.3, 0.4) is 0 Å². The summed E-state index contributed by atoms with van der Waals surface area (Å²) < 4.78 is 13.2. The predicted molar refractivity (Wildman–Crippen MR) is 140 cm³/mol. The molecule has 1 aromatic heterocycles. The minimum absolute atomic E-state index is 0.0134. The van der Waals surface area contributed by atoms with Crippen molar-refractivity contribution in [1.82, 2.24) is 15.6 Å². The van der Waals surface area contributed by atoms with Crippen LogP contribution in [-0.2, 0) is 15.0 Å². The smallest absolute Gasteiger partial charge is 0.303 e. The molecule has 0 radical (unpaired) electrons. The summed E-state index contributed by atoms with van der Waals surface area (Å²) in [5.41, 5.74) is 3.45. The van der Waals surface area contributed by atoms with E-state index < -0.39 is 24.0 Å². The molecule has 0 spiro atoms. The van der Waals surface area contributed by atoms with E-state index in [1.54, 1.807) is 6.07 Å². The third-order valence-electron chi connectivity index (χ3n) is 5.98. The summed E-state index contributed by atoms with van der Waals surface area (Å²) in [7, 11) is 0. The van der Waals surface area contributed by atoms with E-state index in [1.165, 1.54) is 12.4 Å². The number of hydrogen-bond donors (Lipinski definition) is 4. The van der Waals surface area contributed by atoms with Gasteiger partial charge in [-0.05, 0) is 29.5 Å². The summed E-state index contributed by atoms with van der Waals surface area (Å²) in [6, 6.07) is 7.50. The number of amides is 1. The number of nitrogens with zero attached hydrogens (tertiary/aromatic N) is 2. The quantitative estimate of drug-likeness (QED) is 0.406. The van der Waals surface area contributed by atoms with Crippen LogP contribution in [0.2, 0.25) is 0 Å². The summed E-state index contributed by atoms with van der Waals surface area (Å²) in [5, 5.41) is 17.8. The number of carboxylic acids is 1. The first-order valence-corrected chi connectivity index (χ1v) is 12.2. The number of Topliss-reactive ketones (excluding diaryl/α,β-unsaturated/α-hetero) is 1. The fourth-order valence-corrected chi connectivity index (χ4v) is 4.00. The number of aliphatic imine (C=N–C) groups is 1. The Hall–Kier alpha value is -3.82. The Morgan fingerprint density at radius 3 is 2.57 bits per heavy atom. The number of aliphatic carboxylic acids is 1. The number of hydrogen-bond acceptors (Lipinski definition) is 7. The Bertz CT molecular complexity index is 1190. The normalized spacial score (nSPS) is 16.2. The van der Waals surface area contributed by atoms with Crippen LogP contribution in [-0.4, -0.2) is 59.5 Å². The first-order valence-electron chi connectivity index (χ1n) is 12.2. The first-order chi connectivity index (χ1) is 17.4. The second kappa shape index (κ2) is 11.9. The van der Waals surface area contributed by atoms with Gasteiger partial charge in [-0.1, -0.05) is 44.5 Å². The van der Waals surface area contributed by atoms with Gasteiger partial charge in [0, 0.05) is 18.5 Å². The second-order valence-electron chi connectivity index (χ2n) is 10.4. The van der Waals surface area contributed by atoms with Crippen LogP contribution in [0.4, 0.5) is 10.1 Å². The number of ketones is 1. The molecule has 198 valence electrons. The zero-order chi connectivity index (χ0) is 27.2. The van der Waals surface area contributed by atoms with E-state index in [1.807, 2.05) is 19.1 Å². The molecule has 0 bridgehead atoms. The molecule has 2 aromatic rings. The molecule has 10 heteroatoms. The Labute approximate surface area is 216 Å². The fourth-order valence-electron chi connectivity index (χ4n) is 4.00. The standard InChI is InChI=1S/C27H34FN5O4/c1-16-5-17(7-20(6-16)27(2,3)4)18(10-24(35)36)9-23(34)15-30-25(37)19-8-22(14-29-11-19)33-26-31-12-21(28)13-32-26/h5-8,11,14,18,21H,9-10,12-13,15H2,1-4H3,(H,30,37)(H,35,36)(H2,31,32,33)/t18-/m0/s1. The molecule has 1 aliphatic rings. The minimum Gasteiger partial charge on any atom is -0.481 e. The number of rotatable bonds is 9. The minimum atomic E-state index is -1.04. The van der Waals surface area contributed by atoms with Crippen LogP contribution in [0.25, 0.3) is 0 Å². The fraction of sp³-hybridized carbons (Fsp3) is 0.444. The summed E-state index contributed by atoms with van der Waals surface area (Å²) in [6.07, 6.45) is 1.62. The molecule has 0 aliphatic carbocycles. The molecule has 1 aliphatic heterocycles. The van der Waals surface area contributed by atoms with Crippen molar-refractivity contribution in [2.24, 2.45) is 4.99 Å². The molecule has 1 amide bonds. The van der Waals surface area contributed by atoms with Gasteiger partial charge in [0.25, 0.3) is 5.91 Å². The Kier molecular flexibility index (Phi) is 8.96. The largest absolute Gasteiger partial charge is 0.481 e. The van der Waals surface area contributed by atoms with Gasteiger partial charge in [-0.2, -0.15) is 0 Å². The maximum atomic E-state index is 13.2. The number of carboxylic acid groups (broad SMARTS) is 1. The van der Waals surface area contributed by atoms with Crippen LogP contribution in [0, 0.1) is 6.92 Å². The van der Waals surface area contributed by atoms with E-state index in [2.05, 4.69) is 52.8 Å². The third-order valence-corrected chi connectivity index (χ3v) is 5.98. The van der Waals surface area contributed by atoms with Crippen molar-refractivity contribution >= 4 is 29.3 Å². The van der Waals surface area contributed by atoms with Crippen molar-refractivity contribution in [1.29, 1.82) is 0 Å². The zero-order valence-corrected chi connectivity index (χ0v) is 21.6. The van der Waals surface area contributed by atoms with Crippen LogP contribution in [0.15, 0.2) is 41.7 Å². The molecular formula is C27H34FN5O4. The molecule has 0 saturated carbocycles. The number of pyridine rings is 1. The van der Waals surface area contributed by atoms with Gasteiger partial charge in [0.1, 0.15) is 6.17 Å². The molecule has 2 heterocycles. The summed E-state index contributed by atoms with van der Waals surface area (Å²) in [5.74, 6) is -1.88. The van der Waals surface area contributed by atoms with E-state index in [9.17, 15) is 23.9 Å². The first kappa shape index (κ1) is 27.8. The van der Waals surface area contributed by atoms with Crippen molar-refractivity contribution < 1.29 is 23.9 Å². The van der Waals surface area contributed by atoms with E-state index in [-0.39, 0.29) is 49.2 Å². The average Bonchev–Trinajstić information content (AvgIpc) is 2.82. The molecule has 2 atom stereocenters. The van der Waals surface area contributed by atoms with Gasteiger partial charge < -0.3 is 21.1 Å². The van der Waals surface area contributed by atoms with Gasteiger partial charge in [-0.3, -0.25) is 19.4 Å². The topological polar surface area (TPSA) is 133 Å². The maximum absolute atomic E-state index is 13.2. The highest BCUT2D eigenvalue weighted by atomic mass is 19.1. The highest BCUT2D eigenvalue weighted by Gasteiger charge is 2.23. The van der Waals surface area contributed by atoms with Crippen molar-refractivity contribution in [3.63, 3.8) is 0 Å². The van der Waals surface area contributed by atoms with Gasteiger partial charge in [-0.25, -0.2) is 9.38 Å². The second-order valence-corrected chi connectivity index (χ2v) is 10.4. The average molecular weight is 512 g/mol. The molecule has 3 rings (SSSR count). The van der Waals surface area contributed by atoms with E-state index in [0.29, 0.717) is 11.6 Å². The molecule has 0 saturated heterocycles. The van der Waals surface area contributed by atoms with Crippen molar-refractivity contribution in [3.05, 3.63) is 58.9 Å². The molecular weight excluding hydrogens is 477 g/mol. The number of anilines is 1. The monoisotopic (exact) mass is 511 g/mol. The lowest BCUT2D eigenvalue weighted by Crippen LogP contribution is -2.41. The number of aryl methyl sites for hydroxylation is 1. The van der Waals surface area contributed by atoms with Gasteiger partial charge >= 0.3 is 5.97 Å². The predicted octanol–water partition coefficient (Wildman–Crippen LogP) is 3.34. The van der Waals surface area contributed by atoms with Crippen LogP contribution in [0.1, 0.15) is 66.6 Å². The van der Waals surface area contributed by atoms with Crippen molar-refractivity contribution in [2.75, 3.05) is 25.0 Å². The number of alkyl halides is 1. The number of aromatic nitrogens is 1. The van der Waals surface area contributed by atoms with Crippen LogP contribution >= 0.6 is 0 Å². The maximum Gasteiger partial charge on any atom is 0.303 e. The molecule has 9 nitrogen and oxygen atoms in total. The Morgan fingerprint density at radius 1 is 1.16 bits per heavy atom. The Balaban J connectivity index is 1.64. The number of carbonyl (C=O) groups is 3. The summed E-state index contributed by atoms with van der Waals surface area (Å²) in [4.78, 5) is 45.1. The third kappa shape index (κ3) is 8.37. The van der Waals surface area contributed by atoms with Gasteiger partial charge in [0.05, 0.1) is 43.5 Å². The molecule has 0 fully saturated rings. The van der Waals surface area contributed by atoms with Gasteiger partial charge in [0.2, 0.25) is 0 Å². The number of guanidine groups is 1. The molecule has 1 aromatic carbocycles.